The molecule has 3 aliphatic rings. The Hall–Kier alpha value is -2.19. The van der Waals surface area contributed by atoms with Gasteiger partial charge < -0.3 is 9.47 Å². The van der Waals surface area contributed by atoms with E-state index >= 15 is 0 Å². The molecule has 0 saturated carbocycles. The Morgan fingerprint density at radius 3 is 1.47 bits per heavy atom. The Morgan fingerprint density at radius 2 is 1.06 bits per heavy atom. The Kier molecular flexibility index (Phi) is 8.42. The average Bonchev–Trinajstić information content (AvgIpc) is 3.20. The molecule has 190 valence electrons. The van der Waals surface area contributed by atoms with Crippen LogP contribution in [0.5, 0.6) is 0 Å². The molecule has 0 atom stereocenters. The zero-order valence-corrected chi connectivity index (χ0v) is 22.4. The van der Waals surface area contributed by atoms with Crippen LogP contribution in [0.25, 0.3) is 11.1 Å². The van der Waals surface area contributed by atoms with Gasteiger partial charge in [0.1, 0.15) is 13.2 Å². The Morgan fingerprint density at radius 1 is 0.639 bits per heavy atom. The van der Waals surface area contributed by atoms with Crippen LogP contribution in [-0.4, -0.2) is 78.2 Å². The summed E-state index contributed by atoms with van der Waals surface area (Å²) in [6.45, 7) is 7.46. The lowest BCUT2D eigenvalue weighted by atomic mass is 10.0. The second kappa shape index (κ2) is 11.9. The number of thiocarbonyl (C=S) groups is 2. The molecule has 0 N–H and O–H groups in total. The zero-order valence-electron chi connectivity index (χ0n) is 20.8. The maximum atomic E-state index is 13.3. The third-order valence-electron chi connectivity index (χ3n) is 7.47. The van der Waals surface area contributed by atoms with E-state index in [0.717, 1.165) is 61.5 Å². The van der Waals surface area contributed by atoms with Gasteiger partial charge in [-0.25, -0.2) is 0 Å². The number of carbonyl (C=O) groups is 1. The predicted octanol–water partition coefficient (Wildman–Crippen LogP) is 5.25. The fourth-order valence-corrected chi connectivity index (χ4v) is 5.82. The van der Waals surface area contributed by atoms with Crippen molar-refractivity contribution in [2.24, 2.45) is 0 Å². The summed E-state index contributed by atoms with van der Waals surface area (Å²) in [7, 11) is 0. The second-order valence-electron chi connectivity index (χ2n) is 9.93. The molecule has 2 aromatic carbocycles. The van der Waals surface area contributed by atoms with Crippen LogP contribution in [-0.2, 0) is 9.47 Å². The van der Waals surface area contributed by atoms with E-state index in [4.69, 9.17) is 33.9 Å². The van der Waals surface area contributed by atoms with Crippen molar-refractivity contribution in [3.05, 3.63) is 58.7 Å². The fraction of sp³-hybridized carbons (Fsp3) is 0.483. The number of nitrogens with zero attached hydrogens (tertiary/aromatic N) is 2. The quantitative estimate of drug-likeness (QED) is 0.374. The maximum absolute atomic E-state index is 13.3. The van der Waals surface area contributed by atoms with Crippen molar-refractivity contribution >= 4 is 40.3 Å². The lowest BCUT2D eigenvalue weighted by Gasteiger charge is -2.26. The minimum atomic E-state index is -0.00377. The van der Waals surface area contributed by atoms with Gasteiger partial charge in [0.25, 0.3) is 0 Å². The van der Waals surface area contributed by atoms with Crippen molar-refractivity contribution in [2.75, 3.05) is 52.5 Å². The molecule has 5 rings (SSSR count). The summed E-state index contributed by atoms with van der Waals surface area (Å²) in [5, 5.41) is 0.894. The van der Waals surface area contributed by atoms with Crippen LogP contribution in [0.2, 0.25) is 0 Å². The molecule has 2 aliphatic heterocycles. The minimum Gasteiger partial charge on any atom is -0.482 e. The number of rotatable bonds is 8. The van der Waals surface area contributed by atoms with Gasteiger partial charge in [0.15, 0.2) is 15.9 Å². The van der Waals surface area contributed by atoms with E-state index in [0.29, 0.717) is 34.4 Å². The Labute approximate surface area is 224 Å². The van der Waals surface area contributed by atoms with E-state index < -0.39 is 0 Å². The van der Waals surface area contributed by atoms with E-state index in [9.17, 15) is 4.79 Å². The third-order valence-corrected chi connectivity index (χ3v) is 8.18. The number of likely N-dealkylation sites (tertiary alicyclic amines) is 2. The highest BCUT2D eigenvalue weighted by Gasteiger charge is 2.28. The van der Waals surface area contributed by atoms with E-state index in [1.165, 1.54) is 38.5 Å². The Bertz CT molecular complexity index is 1050. The van der Waals surface area contributed by atoms with Gasteiger partial charge in [0.2, 0.25) is 0 Å². The number of carbonyl (C=O) groups excluding carboxylic acids is 1. The molecule has 7 heteroatoms. The third kappa shape index (κ3) is 5.86. The van der Waals surface area contributed by atoms with Crippen molar-refractivity contribution in [1.29, 1.82) is 0 Å². The zero-order chi connectivity index (χ0) is 24.9. The summed E-state index contributed by atoms with van der Waals surface area (Å²) >= 11 is 11.1. The van der Waals surface area contributed by atoms with Gasteiger partial charge in [-0.1, -0.05) is 25.0 Å². The van der Waals surface area contributed by atoms with Crippen molar-refractivity contribution in [3.63, 3.8) is 0 Å². The lowest BCUT2D eigenvalue weighted by molar-refractivity contribution is 0.104. The molecule has 36 heavy (non-hydrogen) atoms. The number of piperidine rings is 2. The smallest absolute Gasteiger partial charge is 0.194 e. The molecule has 2 heterocycles. The first kappa shape index (κ1) is 25.5. The van der Waals surface area contributed by atoms with Gasteiger partial charge in [0.05, 0.1) is 0 Å². The molecule has 5 nitrogen and oxygen atoms in total. The molecule has 0 spiro atoms. The molecule has 0 unspecified atom stereocenters. The molecular formula is C29H34N2O3S2. The van der Waals surface area contributed by atoms with E-state index in [1.54, 1.807) is 0 Å². The minimum absolute atomic E-state index is 0.00377. The molecule has 1 aliphatic carbocycles. The lowest BCUT2D eigenvalue weighted by Crippen LogP contribution is -2.33. The molecule has 0 aromatic heterocycles. The van der Waals surface area contributed by atoms with Gasteiger partial charge in [-0.3, -0.25) is 14.6 Å². The van der Waals surface area contributed by atoms with Gasteiger partial charge in [0, 0.05) is 35.3 Å². The van der Waals surface area contributed by atoms with Crippen LogP contribution in [0.4, 0.5) is 0 Å². The maximum Gasteiger partial charge on any atom is 0.194 e. The SMILES string of the molecule is O=C1c2cc(C(=S)OCCN3CCCCC3)ccc2-c2ccc(C(=S)OCCN3CCCCC3)cc21. The van der Waals surface area contributed by atoms with Gasteiger partial charge in [-0.15, -0.1) is 0 Å². The topological polar surface area (TPSA) is 42.0 Å². The normalized spacial score (nSPS) is 17.9. The number of ketones is 1. The van der Waals surface area contributed by atoms with Crippen molar-refractivity contribution in [2.45, 2.75) is 38.5 Å². The molecular weight excluding hydrogens is 488 g/mol. The van der Waals surface area contributed by atoms with Crippen LogP contribution < -0.4 is 0 Å². The first-order valence-corrected chi connectivity index (χ1v) is 14.0. The highest BCUT2D eigenvalue weighted by molar-refractivity contribution is 7.80. The summed E-state index contributed by atoms with van der Waals surface area (Å²) < 4.78 is 11.8. The van der Waals surface area contributed by atoms with Gasteiger partial charge >= 0.3 is 0 Å². The molecule has 2 saturated heterocycles. The second-order valence-corrected chi connectivity index (χ2v) is 10.7. The predicted molar refractivity (Wildman–Crippen MR) is 151 cm³/mol. The van der Waals surface area contributed by atoms with Gasteiger partial charge in [-0.2, -0.15) is 0 Å². The van der Waals surface area contributed by atoms with Crippen LogP contribution in [0.1, 0.15) is 65.6 Å². The van der Waals surface area contributed by atoms with Gasteiger partial charge in [-0.05, 0) is 112 Å². The summed E-state index contributed by atoms with van der Waals surface area (Å²) in [5.74, 6) is -0.00377. The van der Waals surface area contributed by atoms with E-state index in [2.05, 4.69) is 9.80 Å². The largest absolute Gasteiger partial charge is 0.482 e. The molecule has 0 radical (unpaired) electrons. The van der Waals surface area contributed by atoms with Crippen LogP contribution >= 0.6 is 24.4 Å². The number of hydrogen-bond acceptors (Lipinski definition) is 7. The summed E-state index contributed by atoms with van der Waals surface area (Å²) in [4.78, 5) is 18.1. The highest BCUT2D eigenvalue weighted by Crippen LogP contribution is 2.37. The number of fused-ring (bicyclic) bond motifs is 3. The Balaban J connectivity index is 1.19. The van der Waals surface area contributed by atoms with Crippen LogP contribution in [0, 0.1) is 0 Å². The van der Waals surface area contributed by atoms with Crippen molar-refractivity contribution in [1.82, 2.24) is 9.80 Å². The van der Waals surface area contributed by atoms with Crippen LogP contribution in [0.15, 0.2) is 36.4 Å². The first-order valence-electron chi connectivity index (χ1n) is 13.2. The molecule has 2 fully saturated rings. The number of ether oxygens (including phenoxy) is 2. The number of hydrogen-bond donors (Lipinski definition) is 0. The summed E-state index contributed by atoms with van der Waals surface area (Å²) in [6.07, 6.45) is 7.68. The molecule has 0 bridgehead atoms. The summed E-state index contributed by atoms with van der Waals surface area (Å²) in [6, 6.07) is 11.6. The van der Waals surface area contributed by atoms with E-state index in [-0.39, 0.29) is 5.78 Å². The van der Waals surface area contributed by atoms with Crippen LogP contribution in [0.3, 0.4) is 0 Å². The molecule has 0 amide bonds. The monoisotopic (exact) mass is 522 g/mol. The van der Waals surface area contributed by atoms with E-state index in [1.807, 2.05) is 36.4 Å². The average molecular weight is 523 g/mol. The van der Waals surface area contributed by atoms with Crippen molar-refractivity contribution < 1.29 is 14.3 Å². The van der Waals surface area contributed by atoms with Crippen molar-refractivity contribution in [3.8, 4) is 11.1 Å². The summed E-state index contributed by atoms with van der Waals surface area (Å²) in [5.41, 5.74) is 4.74. The standard InChI is InChI=1S/C29H34N2O3S2/c32-27-25-19-21(28(35)33-17-15-30-11-3-1-4-12-30)7-9-23(25)24-10-8-22(20-26(24)27)29(36)34-18-16-31-13-5-2-6-14-31/h7-10,19-20H,1-6,11-18H2. The first-order chi connectivity index (χ1) is 17.6. The highest BCUT2D eigenvalue weighted by atomic mass is 32.1. The fourth-order valence-electron chi connectivity index (χ4n) is 5.40. The molecule has 2 aromatic rings. The number of benzene rings is 2.